The summed E-state index contributed by atoms with van der Waals surface area (Å²) in [5, 5.41) is 2.95. The molecule has 2 rings (SSSR count). The van der Waals surface area contributed by atoms with Crippen LogP contribution in [0.4, 0.5) is 4.79 Å². The molecule has 1 N–H and O–H groups in total. The highest BCUT2D eigenvalue weighted by molar-refractivity contribution is 7.98. The Labute approximate surface area is 142 Å². The van der Waals surface area contributed by atoms with Crippen LogP contribution in [0.1, 0.15) is 24.8 Å². The van der Waals surface area contributed by atoms with E-state index in [0.717, 1.165) is 42.1 Å². The van der Waals surface area contributed by atoms with E-state index < -0.39 is 0 Å². The molecule has 1 saturated heterocycles. The van der Waals surface area contributed by atoms with E-state index in [0.29, 0.717) is 19.2 Å². The van der Waals surface area contributed by atoms with Gasteiger partial charge in [-0.05, 0) is 43.2 Å². The molecule has 1 aromatic carbocycles. The third-order valence-electron chi connectivity index (χ3n) is 3.98. The predicted molar refractivity (Wildman–Crippen MR) is 93.2 cm³/mol. The van der Waals surface area contributed by atoms with Gasteiger partial charge in [0, 0.05) is 31.6 Å². The van der Waals surface area contributed by atoms with Crippen LogP contribution in [0.2, 0.25) is 0 Å². The summed E-state index contributed by atoms with van der Waals surface area (Å²) < 4.78 is 10.9. The van der Waals surface area contributed by atoms with Gasteiger partial charge in [-0.1, -0.05) is 6.07 Å². The minimum Gasteiger partial charge on any atom is -0.496 e. The molecule has 1 fully saturated rings. The number of urea groups is 1. The van der Waals surface area contributed by atoms with Crippen LogP contribution < -0.4 is 10.1 Å². The molecule has 1 heterocycles. The summed E-state index contributed by atoms with van der Waals surface area (Å²) in [6.07, 6.45) is 5.45. The molecule has 0 unspecified atom stereocenters. The highest BCUT2D eigenvalue weighted by atomic mass is 32.2. The van der Waals surface area contributed by atoms with Crippen molar-refractivity contribution in [1.29, 1.82) is 0 Å². The third-order valence-corrected chi connectivity index (χ3v) is 4.76. The molecule has 0 spiro atoms. The van der Waals surface area contributed by atoms with E-state index in [1.165, 1.54) is 0 Å². The molecule has 128 valence electrons. The summed E-state index contributed by atoms with van der Waals surface area (Å²) in [7, 11) is 3.47. The van der Waals surface area contributed by atoms with E-state index in [1.807, 2.05) is 24.5 Å². The number of ether oxygens (including phenoxy) is 2. The maximum absolute atomic E-state index is 12.1. The Kier molecular flexibility index (Phi) is 7.05. The molecule has 2 amide bonds. The van der Waals surface area contributed by atoms with Gasteiger partial charge >= 0.3 is 6.03 Å². The number of thioether (sulfide) groups is 1. The average molecular weight is 338 g/mol. The van der Waals surface area contributed by atoms with Gasteiger partial charge in [0.15, 0.2) is 0 Å². The molecule has 0 bridgehead atoms. The van der Waals surface area contributed by atoms with E-state index in [1.54, 1.807) is 30.8 Å². The van der Waals surface area contributed by atoms with Gasteiger partial charge in [0.1, 0.15) is 5.75 Å². The van der Waals surface area contributed by atoms with Gasteiger partial charge in [-0.3, -0.25) is 0 Å². The lowest BCUT2D eigenvalue weighted by Gasteiger charge is -2.19. The fraction of sp³-hybridized carbons (Fsp3) is 0.588. The first-order valence-corrected chi connectivity index (χ1v) is 9.18. The van der Waals surface area contributed by atoms with Crippen molar-refractivity contribution in [3.8, 4) is 5.75 Å². The second-order valence-electron chi connectivity index (χ2n) is 5.70. The number of methoxy groups -OCH3 is 1. The van der Waals surface area contributed by atoms with Gasteiger partial charge < -0.3 is 19.7 Å². The Morgan fingerprint density at radius 1 is 1.52 bits per heavy atom. The summed E-state index contributed by atoms with van der Waals surface area (Å²) in [5.74, 6) is 0.849. The van der Waals surface area contributed by atoms with Crippen LogP contribution in [-0.2, 0) is 11.3 Å². The zero-order chi connectivity index (χ0) is 16.7. The van der Waals surface area contributed by atoms with Crippen molar-refractivity contribution in [1.82, 2.24) is 10.2 Å². The number of amides is 2. The number of rotatable bonds is 7. The van der Waals surface area contributed by atoms with Gasteiger partial charge in [0.2, 0.25) is 0 Å². The number of hydrogen-bond donors (Lipinski definition) is 1. The normalized spacial score (nSPS) is 17.1. The summed E-state index contributed by atoms with van der Waals surface area (Å²) in [5.41, 5.74) is 1.05. The van der Waals surface area contributed by atoms with E-state index in [2.05, 4.69) is 5.32 Å². The second kappa shape index (κ2) is 9.03. The Balaban J connectivity index is 1.80. The highest BCUT2D eigenvalue weighted by Gasteiger charge is 2.16. The molecule has 0 saturated carbocycles. The van der Waals surface area contributed by atoms with Crippen molar-refractivity contribution < 1.29 is 14.3 Å². The maximum Gasteiger partial charge on any atom is 0.317 e. The predicted octanol–water partition coefficient (Wildman–Crippen LogP) is 3.13. The van der Waals surface area contributed by atoms with Crippen LogP contribution in [0.5, 0.6) is 5.75 Å². The van der Waals surface area contributed by atoms with Crippen LogP contribution in [0, 0.1) is 0 Å². The highest BCUT2D eigenvalue weighted by Crippen LogP contribution is 2.28. The van der Waals surface area contributed by atoms with Crippen LogP contribution in [-0.4, -0.2) is 50.6 Å². The summed E-state index contributed by atoms with van der Waals surface area (Å²) in [4.78, 5) is 14.9. The number of benzene rings is 1. The topological polar surface area (TPSA) is 50.8 Å². The van der Waals surface area contributed by atoms with Crippen molar-refractivity contribution in [3.05, 3.63) is 23.8 Å². The average Bonchev–Trinajstić information content (AvgIpc) is 3.07. The quantitative estimate of drug-likeness (QED) is 0.776. The molecule has 0 aliphatic carbocycles. The molecule has 23 heavy (non-hydrogen) atoms. The fourth-order valence-corrected chi connectivity index (χ4v) is 3.22. The van der Waals surface area contributed by atoms with Gasteiger partial charge in [-0.2, -0.15) is 0 Å². The molecule has 0 radical (unpaired) electrons. The second-order valence-corrected chi connectivity index (χ2v) is 6.55. The van der Waals surface area contributed by atoms with E-state index in [-0.39, 0.29) is 6.03 Å². The standard InChI is InChI=1S/C17H26N2O3S/c1-19(17(20)18-9-8-14-5-4-10-22-14)12-13-6-7-16(23-3)15(11-13)21-2/h6-7,11,14H,4-5,8-10,12H2,1-3H3,(H,18,20)/t14-/m1/s1. The first-order chi connectivity index (χ1) is 11.1. The van der Waals surface area contributed by atoms with E-state index >= 15 is 0 Å². The third kappa shape index (κ3) is 5.32. The lowest BCUT2D eigenvalue weighted by molar-refractivity contribution is 0.104. The van der Waals surface area contributed by atoms with Crippen molar-refractivity contribution in [2.24, 2.45) is 0 Å². The van der Waals surface area contributed by atoms with Crippen LogP contribution >= 0.6 is 11.8 Å². The monoisotopic (exact) mass is 338 g/mol. The molecule has 5 nitrogen and oxygen atoms in total. The minimum absolute atomic E-state index is 0.0593. The van der Waals surface area contributed by atoms with Crippen molar-refractivity contribution in [3.63, 3.8) is 0 Å². The van der Waals surface area contributed by atoms with Crippen LogP contribution in [0.15, 0.2) is 23.1 Å². The van der Waals surface area contributed by atoms with Gasteiger partial charge in [-0.15, -0.1) is 11.8 Å². The molecule has 1 aliphatic rings. The smallest absolute Gasteiger partial charge is 0.317 e. The molecule has 1 aromatic rings. The summed E-state index contributed by atoms with van der Waals surface area (Å²) in [6.45, 7) is 2.06. The van der Waals surface area contributed by atoms with Crippen LogP contribution in [0.25, 0.3) is 0 Å². The molecular weight excluding hydrogens is 312 g/mol. The molecule has 6 heteroatoms. The largest absolute Gasteiger partial charge is 0.496 e. The number of nitrogens with zero attached hydrogens (tertiary/aromatic N) is 1. The Morgan fingerprint density at radius 3 is 3.00 bits per heavy atom. The van der Waals surface area contributed by atoms with Crippen molar-refractivity contribution >= 4 is 17.8 Å². The molecule has 0 aromatic heterocycles. The van der Waals surface area contributed by atoms with Gasteiger partial charge in [0.05, 0.1) is 13.2 Å². The Bertz CT molecular complexity index is 519. The van der Waals surface area contributed by atoms with Gasteiger partial charge in [0.25, 0.3) is 0 Å². The molecule has 1 aliphatic heterocycles. The van der Waals surface area contributed by atoms with E-state index in [4.69, 9.17) is 9.47 Å². The first kappa shape index (κ1) is 17.9. The SMILES string of the molecule is COc1cc(CN(C)C(=O)NCC[C@H]2CCCO2)ccc1SC. The molecular formula is C17H26N2O3S. The zero-order valence-corrected chi connectivity index (χ0v) is 14.9. The van der Waals surface area contributed by atoms with Gasteiger partial charge in [-0.25, -0.2) is 4.79 Å². The lowest BCUT2D eigenvalue weighted by Crippen LogP contribution is -2.38. The maximum atomic E-state index is 12.1. The Hall–Kier alpha value is -1.40. The number of hydrogen-bond acceptors (Lipinski definition) is 4. The summed E-state index contributed by atoms with van der Waals surface area (Å²) >= 11 is 1.65. The van der Waals surface area contributed by atoms with Crippen molar-refractivity contribution in [2.45, 2.75) is 36.8 Å². The zero-order valence-electron chi connectivity index (χ0n) is 14.1. The number of carbonyl (C=O) groups is 1. The minimum atomic E-state index is -0.0593. The van der Waals surface area contributed by atoms with Crippen molar-refractivity contribution in [2.75, 3.05) is 33.6 Å². The first-order valence-electron chi connectivity index (χ1n) is 7.95. The number of carbonyl (C=O) groups excluding carboxylic acids is 1. The summed E-state index contributed by atoms with van der Waals surface area (Å²) in [6, 6.07) is 5.99. The van der Waals surface area contributed by atoms with E-state index in [9.17, 15) is 4.79 Å². The lowest BCUT2D eigenvalue weighted by atomic mass is 10.2. The van der Waals surface area contributed by atoms with Crippen LogP contribution in [0.3, 0.4) is 0 Å². The fourth-order valence-electron chi connectivity index (χ4n) is 2.67. The molecule has 1 atom stereocenters. The Morgan fingerprint density at radius 2 is 2.35 bits per heavy atom. The number of nitrogens with one attached hydrogen (secondary N) is 1.